The van der Waals surface area contributed by atoms with Gasteiger partial charge >= 0.3 is 12.0 Å². The summed E-state index contributed by atoms with van der Waals surface area (Å²) >= 11 is 1.89. The van der Waals surface area contributed by atoms with E-state index in [0.29, 0.717) is 38.4 Å². The molecular formula is C14H24N2O3S. The highest BCUT2D eigenvalue weighted by Crippen LogP contribution is 2.35. The van der Waals surface area contributed by atoms with Gasteiger partial charge in [-0.15, -0.1) is 0 Å². The molecule has 0 aliphatic carbocycles. The van der Waals surface area contributed by atoms with E-state index >= 15 is 0 Å². The van der Waals surface area contributed by atoms with Crippen LogP contribution >= 0.6 is 11.8 Å². The van der Waals surface area contributed by atoms with Gasteiger partial charge in [-0.2, -0.15) is 11.8 Å². The van der Waals surface area contributed by atoms with Crippen LogP contribution in [0.5, 0.6) is 0 Å². The molecule has 0 aromatic heterocycles. The first-order valence-corrected chi connectivity index (χ1v) is 8.48. The molecule has 6 heteroatoms. The first-order chi connectivity index (χ1) is 9.50. The zero-order valence-corrected chi connectivity index (χ0v) is 13.1. The Bertz CT molecular complexity index is 375. The number of nitrogens with zero attached hydrogens (tertiary/aromatic N) is 2. The van der Waals surface area contributed by atoms with E-state index < -0.39 is 11.4 Å². The van der Waals surface area contributed by atoms with Crippen LogP contribution in [-0.2, 0) is 4.79 Å². The molecule has 2 saturated heterocycles. The van der Waals surface area contributed by atoms with Gasteiger partial charge < -0.3 is 14.9 Å². The Morgan fingerprint density at radius 2 is 2.05 bits per heavy atom. The molecule has 0 radical (unpaired) electrons. The summed E-state index contributed by atoms with van der Waals surface area (Å²) in [5.74, 6) is 1.43. The van der Waals surface area contributed by atoms with Gasteiger partial charge in [0.2, 0.25) is 0 Å². The number of urea groups is 1. The van der Waals surface area contributed by atoms with Crippen molar-refractivity contribution in [3.05, 3.63) is 0 Å². The molecular weight excluding hydrogens is 276 g/mol. The molecule has 2 rings (SSSR count). The molecule has 0 bridgehead atoms. The van der Waals surface area contributed by atoms with Gasteiger partial charge in [-0.1, -0.05) is 6.92 Å². The Morgan fingerprint density at radius 1 is 1.40 bits per heavy atom. The van der Waals surface area contributed by atoms with Crippen LogP contribution in [-0.4, -0.2) is 64.6 Å². The minimum absolute atomic E-state index is 0.0626. The normalized spacial score (nSPS) is 25.5. The van der Waals surface area contributed by atoms with Gasteiger partial charge in [-0.25, -0.2) is 4.79 Å². The van der Waals surface area contributed by atoms with Crippen LogP contribution < -0.4 is 0 Å². The molecule has 2 heterocycles. The molecule has 1 N–H and O–H groups in total. The standard InChI is InChI=1S/C14H24N2O3S/c1-3-14(12(17)18)5-7-16(8-6-14)13(19)15(2)11-4-9-20-10-11/h11H,3-10H2,1-2H3,(H,17,18). The van der Waals surface area contributed by atoms with Crippen molar-refractivity contribution < 1.29 is 14.7 Å². The van der Waals surface area contributed by atoms with E-state index in [1.807, 2.05) is 35.5 Å². The van der Waals surface area contributed by atoms with E-state index in [1.165, 1.54) is 0 Å². The number of carbonyl (C=O) groups excluding carboxylic acids is 1. The van der Waals surface area contributed by atoms with Gasteiger partial charge in [-0.3, -0.25) is 4.79 Å². The molecule has 0 aromatic carbocycles. The lowest BCUT2D eigenvalue weighted by Crippen LogP contribution is -2.52. The molecule has 2 aliphatic heterocycles. The van der Waals surface area contributed by atoms with Crippen molar-refractivity contribution in [1.82, 2.24) is 9.80 Å². The zero-order chi connectivity index (χ0) is 14.8. The second-order valence-electron chi connectivity index (χ2n) is 5.84. The fraction of sp³-hybridized carbons (Fsp3) is 0.857. The van der Waals surface area contributed by atoms with Gasteiger partial charge in [0.25, 0.3) is 0 Å². The largest absolute Gasteiger partial charge is 0.481 e. The number of likely N-dealkylation sites (tertiary alicyclic amines) is 1. The van der Waals surface area contributed by atoms with Crippen molar-refractivity contribution in [2.45, 2.75) is 38.6 Å². The van der Waals surface area contributed by atoms with Crippen LogP contribution in [0.4, 0.5) is 4.79 Å². The fourth-order valence-electron chi connectivity index (χ4n) is 3.05. The molecule has 0 saturated carbocycles. The summed E-state index contributed by atoms with van der Waals surface area (Å²) in [6, 6.07) is 0.400. The Morgan fingerprint density at radius 3 is 2.50 bits per heavy atom. The molecule has 2 fully saturated rings. The molecule has 0 spiro atoms. The van der Waals surface area contributed by atoms with Crippen LogP contribution in [0.2, 0.25) is 0 Å². The minimum atomic E-state index is -0.715. The maximum Gasteiger partial charge on any atom is 0.320 e. The third-order valence-corrected chi connectivity index (χ3v) is 6.02. The fourth-order valence-corrected chi connectivity index (χ4v) is 4.32. The van der Waals surface area contributed by atoms with Gasteiger partial charge in [0, 0.05) is 31.9 Å². The molecule has 0 aromatic rings. The van der Waals surface area contributed by atoms with Gasteiger partial charge in [0.1, 0.15) is 0 Å². The van der Waals surface area contributed by atoms with E-state index in [1.54, 1.807) is 0 Å². The van der Waals surface area contributed by atoms with E-state index in [0.717, 1.165) is 17.9 Å². The summed E-state index contributed by atoms with van der Waals surface area (Å²) in [7, 11) is 1.87. The van der Waals surface area contributed by atoms with Crippen molar-refractivity contribution >= 4 is 23.8 Å². The lowest BCUT2D eigenvalue weighted by molar-refractivity contribution is -0.152. The molecule has 1 unspecified atom stereocenters. The lowest BCUT2D eigenvalue weighted by atomic mass is 9.76. The number of carboxylic acids is 1. The summed E-state index contributed by atoms with van der Waals surface area (Å²) < 4.78 is 0. The Labute approximate surface area is 124 Å². The minimum Gasteiger partial charge on any atom is -0.481 e. The highest BCUT2D eigenvalue weighted by molar-refractivity contribution is 7.99. The number of amides is 2. The van der Waals surface area contributed by atoms with Crippen molar-refractivity contribution in [1.29, 1.82) is 0 Å². The van der Waals surface area contributed by atoms with Crippen molar-refractivity contribution in [3.8, 4) is 0 Å². The molecule has 2 aliphatic rings. The van der Waals surface area contributed by atoms with Gasteiger partial charge in [-0.05, 0) is 31.4 Å². The molecule has 1 atom stereocenters. The quantitative estimate of drug-likeness (QED) is 0.867. The SMILES string of the molecule is CCC1(C(=O)O)CCN(C(=O)N(C)C2CCSC2)CC1. The third-order valence-electron chi connectivity index (χ3n) is 4.88. The second kappa shape index (κ2) is 6.24. The second-order valence-corrected chi connectivity index (χ2v) is 6.99. The molecule has 20 heavy (non-hydrogen) atoms. The van der Waals surface area contributed by atoms with E-state index in [4.69, 9.17) is 0 Å². The zero-order valence-electron chi connectivity index (χ0n) is 12.3. The average Bonchev–Trinajstić information content (AvgIpc) is 2.99. The first-order valence-electron chi connectivity index (χ1n) is 7.33. The van der Waals surface area contributed by atoms with Gasteiger partial charge in [0.15, 0.2) is 0 Å². The van der Waals surface area contributed by atoms with Crippen molar-refractivity contribution in [3.63, 3.8) is 0 Å². The van der Waals surface area contributed by atoms with Gasteiger partial charge in [0.05, 0.1) is 5.41 Å². The predicted molar refractivity (Wildman–Crippen MR) is 80.1 cm³/mol. The average molecular weight is 300 g/mol. The Balaban J connectivity index is 1.92. The number of hydrogen-bond acceptors (Lipinski definition) is 3. The Hall–Kier alpha value is -0.910. The third kappa shape index (κ3) is 2.90. The van der Waals surface area contributed by atoms with Crippen molar-refractivity contribution in [2.75, 3.05) is 31.6 Å². The number of carbonyl (C=O) groups is 2. The van der Waals surface area contributed by atoms with Crippen LogP contribution in [0.3, 0.4) is 0 Å². The van der Waals surface area contributed by atoms with Crippen LogP contribution in [0.1, 0.15) is 32.6 Å². The van der Waals surface area contributed by atoms with Crippen LogP contribution in [0, 0.1) is 5.41 Å². The summed E-state index contributed by atoms with van der Waals surface area (Å²) in [6.45, 7) is 3.04. The first kappa shape index (κ1) is 15.5. The monoisotopic (exact) mass is 300 g/mol. The van der Waals surface area contributed by atoms with E-state index in [-0.39, 0.29) is 6.03 Å². The summed E-state index contributed by atoms with van der Waals surface area (Å²) in [6.07, 6.45) is 2.84. The topological polar surface area (TPSA) is 60.9 Å². The maximum atomic E-state index is 12.4. The van der Waals surface area contributed by atoms with Crippen molar-refractivity contribution in [2.24, 2.45) is 5.41 Å². The lowest BCUT2D eigenvalue weighted by Gasteiger charge is -2.40. The predicted octanol–water partition coefficient (Wildman–Crippen LogP) is 2.12. The number of hydrogen-bond donors (Lipinski definition) is 1. The summed E-state index contributed by atoms with van der Waals surface area (Å²) in [5, 5.41) is 9.38. The summed E-state index contributed by atoms with van der Waals surface area (Å²) in [4.78, 5) is 27.5. The van der Waals surface area contributed by atoms with Crippen LogP contribution in [0.15, 0.2) is 0 Å². The number of thioether (sulfide) groups is 1. The highest BCUT2D eigenvalue weighted by atomic mass is 32.2. The number of carboxylic acid groups (broad SMARTS) is 1. The highest BCUT2D eigenvalue weighted by Gasteiger charge is 2.41. The molecule has 5 nitrogen and oxygen atoms in total. The number of rotatable bonds is 3. The molecule has 2 amide bonds. The number of aliphatic carboxylic acids is 1. The smallest absolute Gasteiger partial charge is 0.320 e. The van der Waals surface area contributed by atoms with Crippen LogP contribution in [0.25, 0.3) is 0 Å². The Kier molecular flexibility index (Phi) is 4.83. The molecule has 114 valence electrons. The number of piperidine rings is 1. The van der Waals surface area contributed by atoms with E-state index in [2.05, 4.69) is 0 Å². The van der Waals surface area contributed by atoms with E-state index in [9.17, 15) is 14.7 Å². The maximum absolute atomic E-state index is 12.4. The summed E-state index contributed by atoms with van der Waals surface area (Å²) in [5.41, 5.74) is -0.626.